The van der Waals surface area contributed by atoms with Gasteiger partial charge in [-0.2, -0.15) is 0 Å². The normalized spacial score (nSPS) is 13.5. The molecule has 0 unspecified atom stereocenters. The molecule has 0 aromatic rings. The molecule has 0 bridgehead atoms. The largest absolute Gasteiger partial charge is 0.274 e. The van der Waals surface area contributed by atoms with Gasteiger partial charge in [0.25, 0.3) is 0 Å². The van der Waals surface area contributed by atoms with E-state index in [1.165, 1.54) is 0 Å². The van der Waals surface area contributed by atoms with Crippen molar-refractivity contribution >= 4 is 12.1 Å². The van der Waals surface area contributed by atoms with E-state index >= 15 is 0 Å². The first-order valence-corrected chi connectivity index (χ1v) is 3.71. The van der Waals surface area contributed by atoms with E-state index in [0.717, 1.165) is 12.3 Å². The van der Waals surface area contributed by atoms with Crippen molar-refractivity contribution in [2.75, 3.05) is 7.05 Å². The van der Waals surface area contributed by atoms with Crippen LogP contribution in [0.15, 0.2) is 9.98 Å². The van der Waals surface area contributed by atoms with Gasteiger partial charge in [-0.1, -0.05) is 20.8 Å². The Bertz CT molecular complexity index is 134. The number of rotatable bonds is 2. The molecule has 0 aliphatic rings. The molecule has 0 fully saturated rings. The van der Waals surface area contributed by atoms with E-state index < -0.39 is 0 Å². The second-order valence-corrected chi connectivity index (χ2v) is 2.46. The van der Waals surface area contributed by atoms with Crippen molar-refractivity contribution < 1.29 is 0 Å². The molecule has 0 rings (SSSR count). The van der Waals surface area contributed by atoms with E-state index in [9.17, 15) is 0 Å². The summed E-state index contributed by atoms with van der Waals surface area (Å²) in [4.78, 5) is 8.23. The molecule has 0 saturated carbocycles. The molecule has 0 amide bonds. The number of hydrogen-bond acceptors (Lipinski definition) is 1. The molecule has 0 saturated heterocycles. The van der Waals surface area contributed by atoms with Crippen LogP contribution in [0.25, 0.3) is 0 Å². The summed E-state index contributed by atoms with van der Waals surface area (Å²) in [6.07, 6.45) is 2.87. The Morgan fingerprint density at radius 1 is 1.50 bits per heavy atom. The van der Waals surface area contributed by atoms with Gasteiger partial charge in [0, 0.05) is 19.2 Å². The summed E-state index contributed by atoms with van der Waals surface area (Å²) in [5.41, 5.74) is 0. The summed E-state index contributed by atoms with van der Waals surface area (Å²) < 4.78 is 0. The first-order valence-electron chi connectivity index (χ1n) is 3.71. The summed E-state index contributed by atoms with van der Waals surface area (Å²) in [7, 11) is 1.78. The summed E-state index contributed by atoms with van der Waals surface area (Å²) in [6.45, 7) is 6.25. The van der Waals surface area contributed by atoms with Crippen molar-refractivity contribution in [1.29, 1.82) is 0 Å². The van der Waals surface area contributed by atoms with Crippen molar-refractivity contribution in [3.63, 3.8) is 0 Å². The lowest BCUT2D eigenvalue weighted by Crippen LogP contribution is -2.03. The van der Waals surface area contributed by atoms with Crippen LogP contribution < -0.4 is 0 Å². The molecule has 2 nitrogen and oxygen atoms in total. The quantitative estimate of drug-likeness (QED) is 0.415. The lowest BCUT2D eigenvalue weighted by Gasteiger charge is -2.01. The van der Waals surface area contributed by atoms with E-state index in [1.807, 2.05) is 6.21 Å². The molecule has 0 atom stereocenters. The van der Waals surface area contributed by atoms with Crippen molar-refractivity contribution in [2.45, 2.75) is 27.2 Å². The first kappa shape index (κ1) is 9.34. The Hall–Kier alpha value is -0.660. The average molecular weight is 140 g/mol. The summed E-state index contributed by atoms with van der Waals surface area (Å²) in [5.74, 6) is 1.37. The van der Waals surface area contributed by atoms with E-state index in [4.69, 9.17) is 0 Å². The maximum Gasteiger partial charge on any atom is 0.125 e. The molecular formula is C8H16N2. The fraction of sp³-hybridized carbons (Fsp3) is 0.750. The van der Waals surface area contributed by atoms with E-state index in [0.29, 0.717) is 5.92 Å². The lowest BCUT2D eigenvalue weighted by atomic mass is 10.2. The topological polar surface area (TPSA) is 24.7 Å². The van der Waals surface area contributed by atoms with Gasteiger partial charge in [0.05, 0.1) is 0 Å². The van der Waals surface area contributed by atoms with E-state index in [-0.39, 0.29) is 0 Å². The van der Waals surface area contributed by atoms with Gasteiger partial charge < -0.3 is 0 Å². The van der Waals surface area contributed by atoms with Crippen molar-refractivity contribution in [3.05, 3.63) is 0 Å². The van der Waals surface area contributed by atoms with Gasteiger partial charge in [0.1, 0.15) is 5.84 Å². The van der Waals surface area contributed by atoms with Crippen LogP contribution in [-0.4, -0.2) is 19.1 Å². The Balaban J connectivity index is 3.98. The molecule has 0 radical (unpaired) electrons. The minimum Gasteiger partial charge on any atom is -0.274 e. The smallest absolute Gasteiger partial charge is 0.125 e. The molecule has 0 aliphatic heterocycles. The van der Waals surface area contributed by atoms with Crippen LogP contribution in [0.3, 0.4) is 0 Å². The van der Waals surface area contributed by atoms with Crippen molar-refractivity contribution in [1.82, 2.24) is 0 Å². The van der Waals surface area contributed by atoms with E-state index in [1.54, 1.807) is 7.05 Å². The molecule has 0 spiro atoms. The van der Waals surface area contributed by atoms with Crippen molar-refractivity contribution in [2.24, 2.45) is 15.9 Å². The molecule has 0 heterocycles. The third-order valence-electron chi connectivity index (χ3n) is 1.15. The van der Waals surface area contributed by atoms with Gasteiger partial charge in [0.2, 0.25) is 0 Å². The summed E-state index contributed by atoms with van der Waals surface area (Å²) in [5, 5.41) is 0. The number of amidine groups is 1. The summed E-state index contributed by atoms with van der Waals surface area (Å²) >= 11 is 0. The highest BCUT2D eigenvalue weighted by molar-refractivity contribution is 5.90. The zero-order chi connectivity index (χ0) is 7.98. The van der Waals surface area contributed by atoms with Crippen LogP contribution >= 0.6 is 0 Å². The first-order chi connectivity index (χ1) is 4.72. The van der Waals surface area contributed by atoms with Crippen LogP contribution in [0.2, 0.25) is 0 Å². The number of hydrogen-bond donors (Lipinski definition) is 0. The standard InChI is InChI=1S/C8H16N2/c1-5-6-10-8(9-4)7(2)3/h6-7H,5H2,1-4H3. The maximum absolute atomic E-state index is 4.19. The van der Waals surface area contributed by atoms with Crippen LogP contribution in [-0.2, 0) is 0 Å². The minimum absolute atomic E-state index is 0.438. The van der Waals surface area contributed by atoms with Gasteiger partial charge in [-0.15, -0.1) is 0 Å². The predicted octanol–water partition coefficient (Wildman–Crippen LogP) is 2.15. The molecule has 10 heavy (non-hydrogen) atoms. The second kappa shape index (κ2) is 5.15. The van der Waals surface area contributed by atoms with Crippen LogP contribution in [0, 0.1) is 5.92 Å². The van der Waals surface area contributed by atoms with Gasteiger partial charge in [-0.25, -0.2) is 4.99 Å². The highest BCUT2D eigenvalue weighted by Crippen LogP contribution is 1.97. The average Bonchev–Trinajstić information content (AvgIpc) is 1.89. The van der Waals surface area contributed by atoms with Crippen molar-refractivity contribution in [3.8, 4) is 0 Å². The molecule has 0 N–H and O–H groups in total. The molecule has 0 aromatic carbocycles. The lowest BCUT2D eigenvalue weighted by molar-refractivity contribution is 0.870. The maximum atomic E-state index is 4.19. The van der Waals surface area contributed by atoms with E-state index in [2.05, 4.69) is 30.8 Å². The Morgan fingerprint density at radius 2 is 2.10 bits per heavy atom. The van der Waals surface area contributed by atoms with Crippen LogP contribution in [0.5, 0.6) is 0 Å². The van der Waals surface area contributed by atoms with Gasteiger partial charge >= 0.3 is 0 Å². The van der Waals surface area contributed by atoms with Crippen LogP contribution in [0.4, 0.5) is 0 Å². The Morgan fingerprint density at radius 3 is 2.40 bits per heavy atom. The second-order valence-electron chi connectivity index (χ2n) is 2.46. The third-order valence-corrected chi connectivity index (χ3v) is 1.15. The van der Waals surface area contributed by atoms with Gasteiger partial charge in [-0.05, 0) is 6.42 Å². The Kier molecular flexibility index (Phi) is 4.81. The van der Waals surface area contributed by atoms with Gasteiger partial charge in [0.15, 0.2) is 0 Å². The molecule has 2 heteroatoms. The zero-order valence-corrected chi connectivity index (χ0v) is 7.26. The Labute approximate surface area is 63.1 Å². The minimum atomic E-state index is 0.438. The highest BCUT2D eigenvalue weighted by atomic mass is 14.9. The predicted molar refractivity (Wildman–Crippen MR) is 47.0 cm³/mol. The molecule has 58 valence electrons. The molecular weight excluding hydrogens is 124 g/mol. The highest BCUT2D eigenvalue weighted by Gasteiger charge is 1.98. The fourth-order valence-corrected chi connectivity index (χ4v) is 0.650. The third kappa shape index (κ3) is 3.38. The van der Waals surface area contributed by atoms with Gasteiger partial charge in [-0.3, -0.25) is 4.99 Å². The zero-order valence-electron chi connectivity index (χ0n) is 7.26. The number of aliphatic imine (C=N–C) groups is 2. The fourth-order valence-electron chi connectivity index (χ4n) is 0.650. The SMILES string of the molecule is CCC=NC(=NC)C(C)C. The number of nitrogens with zero attached hydrogens (tertiary/aromatic N) is 2. The summed E-state index contributed by atoms with van der Waals surface area (Å²) in [6, 6.07) is 0. The van der Waals surface area contributed by atoms with Crippen LogP contribution in [0.1, 0.15) is 27.2 Å². The molecule has 0 aromatic heterocycles. The molecule has 0 aliphatic carbocycles. The monoisotopic (exact) mass is 140 g/mol.